The number of amides is 2. The molecule has 1 aromatic heterocycles. The van der Waals surface area contributed by atoms with E-state index in [1.807, 2.05) is 0 Å². The fraction of sp³-hybridized carbons (Fsp3) is 0.190. The fourth-order valence-corrected chi connectivity index (χ4v) is 3.68. The largest absolute Gasteiger partial charge is 0.465 e. The van der Waals surface area contributed by atoms with Crippen LogP contribution in [0.25, 0.3) is 0 Å². The van der Waals surface area contributed by atoms with Gasteiger partial charge in [-0.15, -0.1) is 10.2 Å². The average molecular weight is 518 g/mol. The molecule has 0 unspecified atom stereocenters. The molecule has 0 atom stereocenters. The number of hydrogen-bond acceptors (Lipinski definition) is 7. The lowest BCUT2D eigenvalue weighted by atomic mass is 10.2. The molecule has 0 bridgehead atoms. The van der Waals surface area contributed by atoms with E-state index in [0.717, 1.165) is 4.47 Å². The maximum absolute atomic E-state index is 12.4. The molecule has 166 valence electrons. The van der Waals surface area contributed by atoms with Crippen LogP contribution in [-0.4, -0.2) is 45.4 Å². The zero-order valence-corrected chi connectivity index (χ0v) is 19.7. The van der Waals surface area contributed by atoms with E-state index in [4.69, 9.17) is 4.74 Å². The molecule has 32 heavy (non-hydrogen) atoms. The van der Waals surface area contributed by atoms with Crippen LogP contribution in [0.3, 0.4) is 0 Å². The van der Waals surface area contributed by atoms with Gasteiger partial charge >= 0.3 is 5.97 Å². The third-order valence-electron chi connectivity index (χ3n) is 4.38. The van der Waals surface area contributed by atoms with Crippen molar-refractivity contribution in [2.24, 2.45) is 7.05 Å². The molecule has 0 fully saturated rings. The number of carbonyl (C=O) groups is 3. The predicted octanol–water partition coefficient (Wildman–Crippen LogP) is 3.03. The summed E-state index contributed by atoms with van der Waals surface area (Å²) in [4.78, 5) is 36.4. The summed E-state index contributed by atoms with van der Waals surface area (Å²) in [6.45, 7) is 0.192. The number of para-hydroxylation sites is 1. The first-order valence-electron chi connectivity index (χ1n) is 9.41. The van der Waals surface area contributed by atoms with Gasteiger partial charge in [-0.1, -0.05) is 39.8 Å². The molecular weight excluding hydrogens is 498 g/mol. The van der Waals surface area contributed by atoms with Gasteiger partial charge in [0.15, 0.2) is 11.0 Å². The van der Waals surface area contributed by atoms with Gasteiger partial charge in [0.25, 0.3) is 5.91 Å². The monoisotopic (exact) mass is 517 g/mol. The summed E-state index contributed by atoms with van der Waals surface area (Å²) in [6.07, 6.45) is 0. The summed E-state index contributed by atoms with van der Waals surface area (Å²) < 4.78 is 7.33. The zero-order chi connectivity index (χ0) is 23.1. The number of methoxy groups -OCH3 is 1. The van der Waals surface area contributed by atoms with Crippen molar-refractivity contribution in [1.82, 2.24) is 20.1 Å². The summed E-state index contributed by atoms with van der Waals surface area (Å²) in [5, 5.41) is 14.2. The molecule has 0 saturated heterocycles. The summed E-state index contributed by atoms with van der Waals surface area (Å²) in [5.74, 6) is -0.448. The smallest absolute Gasteiger partial charge is 0.339 e. The highest BCUT2D eigenvalue weighted by Gasteiger charge is 2.16. The second kappa shape index (κ2) is 10.9. The molecule has 9 nitrogen and oxygen atoms in total. The molecule has 2 aromatic carbocycles. The van der Waals surface area contributed by atoms with Crippen LogP contribution in [0.5, 0.6) is 0 Å². The number of carbonyl (C=O) groups excluding carboxylic acids is 3. The molecule has 2 amide bonds. The van der Waals surface area contributed by atoms with Crippen molar-refractivity contribution in [1.29, 1.82) is 0 Å². The van der Waals surface area contributed by atoms with Crippen LogP contribution in [0.2, 0.25) is 0 Å². The molecule has 0 spiro atoms. The first-order chi connectivity index (χ1) is 15.4. The summed E-state index contributed by atoms with van der Waals surface area (Å²) >= 11 is 4.52. The van der Waals surface area contributed by atoms with E-state index in [9.17, 15) is 14.4 Å². The van der Waals surface area contributed by atoms with Gasteiger partial charge in [0.05, 0.1) is 30.7 Å². The number of ether oxygens (including phenoxy) is 1. The van der Waals surface area contributed by atoms with Crippen molar-refractivity contribution in [3.05, 3.63) is 70.0 Å². The standard InChI is InChI=1S/C21H20BrN5O4S/c1-27-17(11-23-19(29)13-7-9-14(22)10-8-13)25-26-21(27)32-12-18(28)24-16-6-4-3-5-15(16)20(30)31-2/h3-10H,11-12H2,1-2H3,(H,23,29)(H,24,28). The number of hydrogen-bond donors (Lipinski definition) is 2. The summed E-state index contributed by atoms with van der Waals surface area (Å²) in [5.41, 5.74) is 1.18. The molecule has 3 aromatic rings. The lowest BCUT2D eigenvalue weighted by Gasteiger charge is -2.09. The quantitative estimate of drug-likeness (QED) is 0.348. The second-order valence-corrected chi connectivity index (χ2v) is 8.38. The molecule has 0 aliphatic carbocycles. The molecular formula is C21H20BrN5O4S. The van der Waals surface area contributed by atoms with Gasteiger partial charge in [0.2, 0.25) is 5.91 Å². The predicted molar refractivity (Wildman–Crippen MR) is 123 cm³/mol. The Bertz CT molecular complexity index is 1130. The van der Waals surface area contributed by atoms with E-state index in [0.29, 0.717) is 22.2 Å². The van der Waals surface area contributed by atoms with E-state index in [1.165, 1.54) is 18.9 Å². The van der Waals surface area contributed by atoms with Crippen LogP contribution in [0.1, 0.15) is 26.5 Å². The SMILES string of the molecule is COC(=O)c1ccccc1NC(=O)CSc1nnc(CNC(=O)c2ccc(Br)cc2)n1C. The van der Waals surface area contributed by atoms with Crippen molar-refractivity contribution in [2.45, 2.75) is 11.7 Å². The summed E-state index contributed by atoms with van der Waals surface area (Å²) in [7, 11) is 3.04. The Hall–Kier alpha value is -3.18. The molecule has 0 radical (unpaired) electrons. The Morgan fingerprint density at radius 1 is 1.09 bits per heavy atom. The second-order valence-electron chi connectivity index (χ2n) is 6.52. The molecule has 11 heteroatoms. The number of anilines is 1. The van der Waals surface area contributed by atoms with Crippen molar-refractivity contribution in [3.8, 4) is 0 Å². The molecule has 0 saturated carbocycles. The van der Waals surface area contributed by atoms with E-state index >= 15 is 0 Å². The zero-order valence-electron chi connectivity index (χ0n) is 17.3. The van der Waals surface area contributed by atoms with E-state index in [2.05, 4.69) is 36.8 Å². The summed E-state index contributed by atoms with van der Waals surface area (Å²) in [6, 6.07) is 13.6. The van der Waals surface area contributed by atoms with Gasteiger partial charge in [0, 0.05) is 17.1 Å². The normalized spacial score (nSPS) is 10.5. The highest BCUT2D eigenvalue weighted by Crippen LogP contribution is 2.19. The number of aromatic nitrogens is 3. The van der Waals surface area contributed by atoms with Crippen molar-refractivity contribution in [3.63, 3.8) is 0 Å². The van der Waals surface area contributed by atoms with Crippen LogP contribution >= 0.6 is 27.7 Å². The van der Waals surface area contributed by atoms with Gasteiger partial charge in [-0.3, -0.25) is 9.59 Å². The van der Waals surface area contributed by atoms with Crippen molar-refractivity contribution < 1.29 is 19.1 Å². The number of esters is 1. The Balaban J connectivity index is 1.55. The lowest BCUT2D eigenvalue weighted by Crippen LogP contribution is -2.24. The maximum Gasteiger partial charge on any atom is 0.339 e. The van der Waals surface area contributed by atoms with Crippen LogP contribution in [0.15, 0.2) is 58.2 Å². The van der Waals surface area contributed by atoms with Crippen LogP contribution in [0, 0.1) is 0 Å². The Morgan fingerprint density at radius 3 is 2.53 bits per heavy atom. The molecule has 0 aliphatic heterocycles. The number of nitrogens with one attached hydrogen (secondary N) is 2. The molecule has 2 N–H and O–H groups in total. The van der Waals surface area contributed by atoms with Crippen LogP contribution < -0.4 is 10.6 Å². The van der Waals surface area contributed by atoms with E-state index in [1.54, 1.807) is 60.1 Å². The van der Waals surface area contributed by atoms with E-state index in [-0.39, 0.29) is 29.7 Å². The molecule has 0 aliphatic rings. The maximum atomic E-state index is 12.4. The van der Waals surface area contributed by atoms with Gasteiger partial charge in [0.1, 0.15) is 0 Å². The third-order valence-corrected chi connectivity index (χ3v) is 5.93. The molecule has 1 heterocycles. The number of thioether (sulfide) groups is 1. The van der Waals surface area contributed by atoms with Crippen molar-refractivity contribution in [2.75, 3.05) is 18.2 Å². The average Bonchev–Trinajstić information content (AvgIpc) is 3.15. The van der Waals surface area contributed by atoms with Gasteiger partial charge in [-0.25, -0.2) is 4.79 Å². The highest BCUT2D eigenvalue weighted by atomic mass is 79.9. The minimum atomic E-state index is -0.531. The lowest BCUT2D eigenvalue weighted by molar-refractivity contribution is -0.113. The number of nitrogens with zero attached hydrogens (tertiary/aromatic N) is 3. The fourth-order valence-electron chi connectivity index (χ4n) is 2.68. The Kier molecular flexibility index (Phi) is 8.01. The minimum Gasteiger partial charge on any atom is -0.465 e. The van der Waals surface area contributed by atoms with Gasteiger partial charge < -0.3 is 19.9 Å². The van der Waals surface area contributed by atoms with E-state index < -0.39 is 5.97 Å². The Morgan fingerprint density at radius 2 is 1.81 bits per heavy atom. The topological polar surface area (TPSA) is 115 Å². The number of rotatable bonds is 8. The Labute approximate surface area is 197 Å². The van der Waals surface area contributed by atoms with Gasteiger partial charge in [-0.2, -0.15) is 0 Å². The van der Waals surface area contributed by atoms with Crippen LogP contribution in [-0.2, 0) is 23.1 Å². The van der Waals surface area contributed by atoms with Crippen LogP contribution in [0.4, 0.5) is 5.69 Å². The first kappa shape index (κ1) is 23.5. The minimum absolute atomic E-state index is 0.0622. The highest BCUT2D eigenvalue weighted by molar-refractivity contribution is 9.10. The number of benzene rings is 2. The first-order valence-corrected chi connectivity index (χ1v) is 11.2. The third kappa shape index (κ3) is 5.95. The number of halogens is 1. The van der Waals surface area contributed by atoms with Crippen molar-refractivity contribution >= 4 is 51.2 Å². The molecule has 3 rings (SSSR count). The van der Waals surface area contributed by atoms with Gasteiger partial charge in [-0.05, 0) is 36.4 Å².